The highest BCUT2D eigenvalue weighted by Crippen LogP contribution is 1.90. The van der Waals surface area contributed by atoms with Crippen LogP contribution in [0.3, 0.4) is 0 Å². The van der Waals surface area contributed by atoms with E-state index in [0.717, 1.165) is 19.3 Å². The molecule has 0 unspecified atom stereocenters. The van der Waals surface area contributed by atoms with Crippen LogP contribution in [0, 0.1) is 0 Å². The normalized spacial score (nSPS) is 7.33. The van der Waals surface area contributed by atoms with Crippen molar-refractivity contribution in [1.82, 2.24) is 0 Å². The molecule has 0 atom stereocenters. The van der Waals surface area contributed by atoms with Crippen molar-refractivity contribution >= 4 is 0 Å². The fourth-order valence-corrected chi connectivity index (χ4v) is 0.400. The maximum absolute atomic E-state index is 8.21. The summed E-state index contributed by atoms with van der Waals surface area (Å²) in [6, 6.07) is 0. The van der Waals surface area contributed by atoms with Gasteiger partial charge in [0.05, 0.1) is 0 Å². The summed E-state index contributed by atoms with van der Waals surface area (Å²) in [6.07, 6.45) is 2.58. The predicted octanol–water partition coefficient (Wildman–Crippen LogP) is 1.41. The highest BCUT2D eigenvalue weighted by atomic mass is 16.3. The third-order valence-electron chi connectivity index (χ3n) is 0.816. The highest BCUT2D eigenvalue weighted by Gasteiger charge is 1.81. The van der Waals surface area contributed by atoms with Gasteiger partial charge in [0, 0.05) is 13.2 Å². The summed E-state index contributed by atoms with van der Waals surface area (Å²) < 4.78 is 0. The monoisotopic (exact) mass is 136 g/mol. The van der Waals surface area contributed by atoms with Crippen LogP contribution in [0.4, 0.5) is 0 Å². The molecule has 2 nitrogen and oxygen atoms in total. The Labute approximate surface area is 58.5 Å². The van der Waals surface area contributed by atoms with Crippen molar-refractivity contribution in [1.29, 1.82) is 0 Å². The Balaban J connectivity index is -0.000000180. The summed E-state index contributed by atoms with van der Waals surface area (Å²) in [5.74, 6) is 0. The molecule has 0 aromatic carbocycles. The first-order chi connectivity index (χ1) is 3.41. The lowest BCUT2D eigenvalue weighted by Crippen LogP contribution is -1.85. The molecule has 2 heteroatoms. The van der Waals surface area contributed by atoms with Crippen molar-refractivity contribution in [2.45, 2.75) is 34.1 Å². The van der Waals surface area contributed by atoms with E-state index in [-0.39, 0.29) is 28.1 Å². The van der Waals surface area contributed by atoms with E-state index in [9.17, 15) is 0 Å². The Kier molecular flexibility index (Phi) is 27.8. The molecule has 0 aliphatic carbocycles. The maximum atomic E-state index is 8.21. The number of aliphatic hydroxyl groups excluding tert-OH is 2. The first-order valence-corrected chi connectivity index (χ1v) is 2.63. The molecule has 2 N–H and O–H groups in total. The van der Waals surface area contributed by atoms with E-state index in [1.165, 1.54) is 0 Å². The molecular formula is C7H20O2. The zero-order chi connectivity index (χ0) is 5.54. The predicted molar refractivity (Wildman–Crippen MR) is 41.5 cm³/mol. The van der Waals surface area contributed by atoms with Gasteiger partial charge < -0.3 is 10.2 Å². The van der Waals surface area contributed by atoms with Crippen molar-refractivity contribution in [3.05, 3.63) is 0 Å². The fourth-order valence-electron chi connectivity index (χ4n) is 0.400. The van der Waals surface area contributed by atoms with Crippen LogP contribution in [0.15, 0.2) is 0 Å². The summed E-state index contributed by atoms with van der Waals surface area (Å²) >= 11 is 0. The molecule has 0 saturated heterocycles. The molecule has 0 rings (SSSR count). The minimum absolute atomic E-state index is 0. The van der Waals surface area contributed by atoms with Crippen molar-refractivity contribution in [3.63, 3.8) is 0 Å². The van der Waals surface area contributed by atoms with Gasteiger partial charge in [-0.15, -0.1) is 0 Å². The fraction of sp³-hybridized carbons (Fsp3) is 1.00. The molecule has 60 valence electrons. The summed E-state index contributed by atoms with van der Waals surface area (Å²) in [6.45, 7) is 0.500. The molecule has 0 saturated carbocycles. The lowest BCUT2D eigenvalue weighted by molar-refractivity contribution is 0.257. The van der Waals surface area contributed by atoms with Crippen molar-refractivity contribution in [2.24, 2.45) is 0 Å². The van der Waals surface area contributed by atoms with E-state index in [1.807, 2.05) is 0 Å². The largest absolute Gasteiger partial charge is 0.396 e. The molecule has 0 amide bonds. The Hall–Kier alpha value is -0.0800. The van der Waals surface area contributed by atoms with Crippen LogP contribution in [0.25, 0.3) is 0 Å². The molecule has 9 heavy (non-hydrogen) atoms. The Morgan fingerprint density at radius 3 is 1.22 bits per heavy atom. The van der Waals surface area contributed by atoms with Crippen molar-refractivity contribution in [2.75, 3.05) is 13.2 Å². The first kappa shape index (κ1) is 16.0. The van der Waals surface area contributed by atoms with Crippen LogP contribution in [-0.4, -0.2) is 23.4 Å². The SMILES string of the molecule is C.C.OCCCCCO. The number of rotatable bonds is 4. The zero-order valence-electron chi connectivity index (χ0n) is 4.43. The van der Waals surface area contributed by atoms with Gasteiger partial charge in [-0.05, 0) is 19.3 Å². The number of unbranched alkanes of at least 4 members (excludes halogenated alkanes) is 2. The maximum Gasteiger partial charge on any atom is 0.0431 e. The van der Waals surface area contributed by atoms with E-state index in [4.69, 9.17) is 10.2 Å². The smallest absolute Gasteiger partial charge is 0.0431 e. The standard InChI is InChI=1S/C5H12O2.2CH4/c6-4-2-1-3-5-7;;/h6-7H,1-5H2;2*1H4. The van der Waals surface area contributed by atoms with Crippen LogP contribution in [0.2, 0.25) is 0 Å². The molecule has 0 bridgehead atoms. The van der Waals surface area contributed by atoms with Gasteiger partial charge in [0.1, 0.15) is 0 Å². The van der Waals surface area contributed by atoms with Crippen LogP contribution in [0.1, 0.15) is 34.1 Å². The summed E-state index contributed by atoms with van der Waals surface area (Å²) in [7, 11) is 0. The van der Waals surface area contributed by atoms with Crippen molar-refractivity contribution < 1.29 is 10.2 Å². The highest BCUT2D eigenvalue weighted by molar-refractivity contribution is 4.35. The molecule has 0 aliphatic rings. The van der Waals surface area contributed by atoms with E-state index >= 15 is 0 Å². The second kappa shape index (κ2) is 15.7. The van der Waals surface area contributed by atoms with Gasteiger partial charge in [-0.3, -0.25) is 0 Å². The average molecular weight is 136 g/mol. The minimum atomic E-state index is 0. The van der Waals surface area contributed by atoms with Gasteiger partial charge in [0.2, 0.25) is 0 Å². The van der Waals surface area contributed by atoms with Gasteiger partial charge in [-0.25, -0.2) is 0 Å². The quantitative estimate of drug-likeness (QED) is 0.574. The van der Waals surface area contributed by atoms with Gasteiger partial charge in [0.25, 0.3) is 0 Å². The van der Waals surface area contributed by atoms with Crippen LogP contribution in [0.5, 0.6) is 0 Å². The van der Waals surface area contributed by atoms with Crippen LogP contribution < -0.4 is 0 Å². The average Bonchev–Trinajstić information content (AvgIpc) is 1.69. The molecule has 0 aromatic rings. The second-order valence-electron chi connectivity index (χ2n) is 1.51. The molecule has 0 aliphatic heterocycles. The van der Waals surface area contributed by atoms with Gasteiger partial charge in [0.15, 0.2) is 0 Å². The van der Waals surface area contributed by atoms with Crippen LogP contribution in [-0.2, 0) is 0 Å². The number of hydrogen-bond acceptors (Lipinski definition) is 2. The zero-order valence-corrected chi connectivity index (χ0v) is 4.43. The Morgan fingerprint density at radius 2 is 1.00 bits per heavy atom. The van der Waals surface area contributed by atoms with Gasteiger partial charge in [-0.1, -0.05) is 14.9 Å². The van der Waals surface area contributed by atoms with Gasteiger partial charge in [-0.2, -0.15) is 0 Å². The van der Waals surface area contributed by atoms with Crippen LogP contribution >= 0.6 is 0 Å². The minimum Gasteiger partial charge on any atom is -0.396 e. The molecular weight excluding hydrogens is 116 g/mol. The van der Waals surface area contributed by atoms with E-state index in [1.54, 1.807) is 0 Å². The van der Waals surface area contributed by atoms with Gasteiger partial charge >= 0.3 is 0 Å². The lowest BCUT2D eigenvalue weighted by atomic mass is 10.2. The number of hydrogen-bond donors (Lipinski definition) is 2. The third-order valence-corrected chi connectivity index (χ3v) is 0.816. The molecule has 0 radical (unpaired) electrons. The summed E-state index contributed by atoms with van der Waals surface area (Å²) in [4.78, 5) is 0. The second-order valence-corrected chi connectivity index (χ2v) is 1.51. The molecule has 0 aromatic heterocycles. The third kappa shape index (κ3) is 18.1. The summed E-state index contributed by atoms with van der Waals surface area (Å²) in [5.41, 5.74) is 0. The van der Waals surface area contributed by atoms with E-state index in [0.29, 0.717) is 0 Å². The lowest BCUT2D eigenvalue weighted by Gasteiger charge is -1.90. The molecule has 0 fully saturated rings. The topological polar surface area (TPSA) is 40.5 Å². The number of aliphatic hydroxyl groups is 2. The molecule has 0 spiro atoms. The summed E-state index contributed by atoms with van der Waals surface area (Å²) in [5, 5.41) is 16.4. The Morgan fingerprint density at radius 1 is 0.667 bits per heavy atom. The van der Waals surface area contributed by atoms with Crippen molar-refractivity contribution in [3.8, 4) is 0 Å². The first-order valence-electron chi connectivity index (χ1n) is 2.63. The molecule has 0 heterocycles. The van der Waals surface area contributed by atoms with E-state index < -0.39 is 0 Å². The Bertz CT molecular complexity index is 26.1. The van der Waals surface area contributed by atoms with E-state index in [2.05, 4.69) is 0 Å².